The third-order valence-electron chi connectivity index (χ3n) is 16.7. The molecule has 2 aliphatic carbocycles. The molecule has 0 saturated carbocycles. The average Bonchev–Trinajstić information content (AvgIpc) is 1.63. The molecule has 0 radical (unpaired) electrons. The summed E-state index contributed by atoms with van der Waals surface area (Å²) in [4.78, 5) is 52.3. The second kappa shape index (κ2) is 36.4. The third kappa shape index (κ3) is 19.7. The zero-order chi connectivity index (χ0) is 74.3. The maximum absolute atomic E-state index is 12.0. The van der Waals surface area contributed by atoms with Gasteiger partial charge in [-0.15, -0.1) is 23.5 Å². The molecule has 6 aromatic heterocycles. The summed E-state index contributed by atoms with van der Waals surface area (Å²) in [6, 6.07) is 47.3. The molecule has 10 aromatic rings. The minimum atomic E-state index is -0.975. The van der Waals surface area contributed by atoms with E-state index in [9.17, 15) is 35.3 Å². The number of aromatic nitrogens is 6. The second-order valence-electron chi connectivity index (χ2n) is 25.5. The number of carboxylic acid groups (broad SMARTS) is 1. The maximum atomic E-state index is 12.0. The molecular weight excluding hydrogens is 1450 g/mol. The van der Waals surface area contributed by atoms with E-state index < -0.39 is 26.9 Å². The normalized spacial score (nSPS) is 14.0. The first-order chi connectivity index (χ1) is 48.5. The first-order valence-corrected chi connectivity index (χ1v) is 34.9. The molecule has 0 bridgehead atoms. The Morgan fingerprint density at radius 3 is 1.52 bits per heavy atom. The number of hydrogen-bond donors (Lipinski definition) is 1. The summed E-state index contributed by atoms with van der Waals surface area (Å²) in [5.74, 6) is -1.41. The van der Waals surface area contributed by atoms with E-state index in [1.807, 2.05) is 160 Å². The van der Waals surface area contributed by atoms with Crippen LogP contribution in [0.15, 0.2) is 205 Å². The van der Waals surface area contributed by atoms with Crippen LogP contribution in [0.25, 0.3) is 44.3 Å². The van der Waals surface area contributed by atoms with Gasteiger partial charge in [0, 0.05) is 97.1 Å². The molecule has 4 aromatic carbocycles. The van der Waals surface area contributed by atoms with Crippen molar-refractivity contribution in [2.24, 2.45) is 0 Å². The van der Waals surface area contributed by atoms with E-state index in [-0.39, 0.29) is 53.4 Å². The number of carboxylic acids is 1. The summed E-state index contributed by atoms with van der Waals surface area (Å²) in [5.41, 5.74) is 11.6. The number of carbonyl (C=O) groups excluding carboxylic acids is 2. The number of rotatable bonds is 11. The Hall–Kier alpha value is -9.29. The summed E-state index contributed by atoms with van der Waals surface area (Å²) in [5, 5.41) is 49.1. The van der Waals surface area contributed by atoms with Crippen LogP contribution >= 0.6 is 62.7 Å². The molecule has 19 nitrogen and oxygen atoms in total. The van der Waals surface area contributed by atoms with Crippen molar-refractivity contribution in [1.82, 2.24) is 29.1 Å². The number of esters is 2. The Labute approximate surface area is 644 Å². The summed E-state index contributed by atoms with van der Waals surface area (Å²) in [7, 11) is 2.31. The quantitative estimate of drug-likeness (QED) is 0.0544. The number of benzene rings is 4. The van der Waals surface area contributed by atoms with Crippen molar-refractivity contribution in [3.8, 4) is 35.7 Å². The minimum Gasteiger partial charge on any atom is -0.870 e. The number of para-hydroxylation sites is 2. The van der Waals surface area contributed by atoms with Crippen LogP contribution in [0.4, 0.5) is 0 Å². The predicted molar refractivity (Wildman–Crippen MR) is 408 cm³/mol. The largest absolute Gasteiger partial charge is 1.00 e. The van der Waals surface area contributed by atoms with Crippen LogP contribution in [-0.2, 0) is 39.6 Å². The maximum Gasteiger partial charge on any atom is 1.00 e. The van der Waals surface area contributed by atoms with Gasteiger partial charge in [0.05, 0.1) is 94.6 Å². The van der Waals surface area contributed by atoms with Crippen molar-refractivity contribution in [2.75, 3.05) is 14.2 Å². The van der Waals surface area contributed by atoms with Crippen molar-refractivity contribution in [1.29, 1.82) is 21.0 Å². The Bertz CT molecular complexity index is 5000. The molecular formula is C78H73BBrCl2LiN10O9S2. The molecule has 0 spiro atoms. The number of alkyl halides is 1. The number of allylic oxidation sites excluding steroid dienone is 4. The number of nitriles is 4. The number of methoxy groups -OCH3 is 2. The number of hydrogen-bond acceptors (Lipinski definition) is 18. The molecule has 13 rings (SSSR count). The number of pyridine rings is 4. The van der Waals surface area contributed by atoms with E-state index in [0.29, 0.717) is 26.7 Å². The second-order valence-corrected chi connectivity index (χ2v) is 31.6. The van der Waals surface area contributed by atoms with Gasteiger partial charge in [-0.1, -0.05) is 136 Å². The number of nitrogens with zero attached hydrogens (tertiary/aromatic N) is 10. The molecule has 1 atom stereocenters. The summed E-state index contributed by atoms with van der Waals surface area (Å²) in [6.45, 7) is 18.5. The van der Waals surface area contributed by atoms with Gasteiger partial charge in [0.1, 0.15) is 26.0 Å². The van der Waals surface area contributed by atoms with Gasteiger partial charge < -0.3 is 38.5 Å². The molecule has 0 amide bonds. The van der Waals surface area contributed by atoms with Crippen molar-refractivity contribution in [3.63, 3.8) is 0 Å². The molecule has 1 unspecified atom stereocenters. The van der Waals surface area contributed by atoms with Gasteiger partial charge in [0.2, 0.25) is 0 Å². The van der Waals surface area contributed by atoms with E-state index >= 15 is 0 Å². The van der Waals surface area contributed by atoms with E-state index in [1.54, 1.807) is 108 Å². The third-order valence-corrected chi connectivity index (χ3v) is 20.2. The Morgan fingerprint density at radius 1 is 0.596 bits per heavy atom. The van der Waals surface area contributed by atoms with E-state index in [1.165, 1.54) is 43.3 Å². The van der Waals surface area contributed by atoms with Crippen LogP contribution < -0.4 is 24.3 Å². The van der Waals surface area contributed by atoms with Crippen molar-refractivity contribution in [3.05, 3.63) is 244 Å². The molecule has 2 N–H and O–H groups in total. The van der Waals surface area contributed by atoms with Crippen molar-refractivity contribution in [2.45, 2.75) is 116 Å². The van der Waals surface area contributed by atoms with Crippen LogP contribution in [0.1, 0.15) is 114 Å². The SMILES string of the molecule is CC(C)(Sc1ccncc1-n1cc(C#N)c2ccccc21)C(=O)O.CC1(C)OB(c2cnccc2Cl)OC1(C)C.COC(=O)C(C)(C)Br.COC(=O)C(C)(C)Sc1ccncc1-n1cc(C#N)c2ccccc21.N#CC1=CC(c2cnccc2Cl)c2ccccc21.N#CC1=CCc2ccccc21.[Li+].[OH-]. The van der Waals surface area contributed by atoms with Crippen LogP contribution in [0.2, 0.25) is 10.0 Å². The monoisotopic (exact) mass is 1520 g/mol. The molecule has 104 heavy (non-hydrogen) atoms. The Morgan fingerprint density at radius 2 is 1.05 bits per heavy atom. The molecule has 26 heteroatoms. The molecule has 1 aliphatic heterocycles. The molecule has 1 saturated heterocycles. The zero-order valence-corrected chi connectivity index (χ0v) is 64.2. The summed E-state index contributed by atoms with van der Waals surface area (Å²) >= 11 is 18.1. The Balaban J connectivity index is 0.000000202. The fraction of sp³-hybridized carbons (Fsp3) is 0.244. The van der Waals surface area contributed by atoms with Crippen LogP contribution in [-0.4, -0.2) is 104 Å². The van der Waals surface area contributed by atoms with E-state index in [4.69, 9.17) is 42.5 Å². The molecule has 7 heterocycles. The van der Waals surface area contributed by atoms with E-state index in [0.717, 1.165) is 82.7 Å². The summed E-state index contributed by atoms with van der Waals surface area (Å²) < 4.78 is 22.7. The topological polar surface area (TPSA) is 295 Å². The van der Waals surface area contributed by atoms with Gasteiger partial charge in [-0.05, 0) is 134 Å². The number of ether oxygens (including phenoxy) is 2. The summed E-state index contributed by atoms with van der Waals surface area (Å²) in [6.07, 6.45) is 21.9. The number of fused-ring (bicyclic) bond motifs is 4. The van der Waals surface area contributed by atoms with Gasteiger partial charge in [-0.2, -0.15) is 21.0 Å². The van der Waals surface area contributed by atoms with Crippen LogP contribution in [0.5, 0.6) is 0 Å². The van der Waals surface area contributed by atoms with Gasteiger partial charge in [-0.3, -0.25) is 34.3 Å². The van der Waals surface area contributed by atoms with Gasteiger partial charge >= 0.3 is 43.9 Å². The first-order valence-electron chi connectivity index (χ1n) is 31.8. The first kappa shape index (κ1) is 83.7. The van der Waals surface area contributed by atoms with Crippen molar-refractivity contribution < 1.29 is 62.6 Å². The number of halogens is 3. The minimum absolute atomic E-state index is 0. The van der Waals surface area contributed by atoms with Gasteiger partial charge in [0.15, 0.2) is 0 Å². The molecule has 3 aliphatic rings. The fourth-order valence-electron chi connectivity index (χ4n) is 10.6. The molecule has 526 valence electrons. The van der Waals surface area contributed by atoms with Gasteiger partial charge in [0.25, 0.3) is 0 Å². The van der Waals surface area contributed by atoms with Gasteiger partial charge in [-0.25, -0.2) is 0 Å². The number of aliphatic carboxylic acids is 1. The number of thioether (sulfide) groups is 2. The standard InChI is InChI=1S/C19H17N3O2S.C18H15N3O2S.C15H9ClN2.C11H15BClNO2.C10H7N.C5H9BrO2.Li.H2O/c1-19(2,18(23)24-3)25-17-8-9-21-11-16(17)22-12-13(10-20)14-6-4-5-7-15(14)22;1-18(2,17(22)23)24-16-7-8-20-10-15(16)21-11-12(9-19)13-5-3-4-6-14(13)21;16-15-5-6-18-9-14(15)13-7-10(8-17)11-3-1-2-4-12(11)13;1-10(2)11(3,4)16-12(15-10)8-7-14-6-5-9(8)13;11-7-9-6-5-8-3-1-2-4-10(8)9;1-5(2,6)4(7)8-3;;/h4-9,11-12H,1-3H3;3-8,10-11H,1-2H3,(H,22,23);1-7,9,13H;5-7H,1-4H3;1-4,6H,5H2;1-3H3;;1H2/q;;;;;;+1;/p-1. The van der Waals surface area contributed by atoms with Crippen LogP contribution in [0, 0.1) is 45.3 Å². The fourth-order valence-corrected chi connectivity index (χ4v) is 13.3. The zero-order valence-electron chi connectivity index (χ0n) is 59.5. The average molecular weight is 1530 g/mol. The Kier molecular flexibility index (Phi) is 29.3. The number of carbonyl (C=O) groups is 3. The smallest absolute Gasteiger partial charge is 0.870 e. The van der Waals surface area contributed by atoms with Crippen molar-refractivity contribution >= 4 is 126 Å². The van der Waals surface area contributed by atoms with Crippen LogP contribution in [0.3, 0.4) is 0 Å². The molecule has 1 fully saturated rings. The predicted octanol–water partition coefficient (Wildman–Crippen LogP) is 13.9. The van der Waals surface area contributed by atoms with E-state index in [2.05, 4.69) is 70.9 Å².